The van der Waals surface area contributed by atoms with Gasteiger partial charge in [-0.3, -0.25) is 0 Å². The lowest BCUT2D eigenvalue weighted by Gasteiger charge is -1.99. The van der Waals surface area contributed by atoms with Gasteiger partial charge in [-0.15, -0.1) is 11.3 Å². The molecule has 14 heavy (non-hydrogen) atoms. The van der Waals surface area contributed by atoms with Gasteiger partial charge in [-0.1, -0.05) is 29.3 Å². The van der Waals surface area contributed by atoms with Crippen molar-refractivity contribution in [2.24, 2.45) is 0 Å². The van der Waals surface area contributed by atoms with Gasteiger partial charge in [0, 0.05) is 4.88 Å². The lowest BCUT2D eigenvalue weighted by molar-refractivity contribution is 0.476. The summed E-state index contributed by atoms with van der Waals surface area (Å²) < 4.78 is 0.731. The average molecular weight is 245 g/mol. The van der Waals surface area contributed by atoms with Gasteiger partial charge in [0.05, 0.1) is 9.36 Å². The molecule has 1 aromatic heterocycles. The lowest BCUT2D eigenvalue weighted by Crippen LogP contribution is -1.72. The molecule has 0 aliphatic rings. The number of hydrogen-bond acceptors (Lipinski definition) is 2. The fourth-order valence-corrected chi connectivity index (χ4v) is 2.29. The molecule has 0 bridgehead atoms. The highest BCUT2D eigenvalue weighted by Crippen LogP contribution is 2.34. The van der Waals surface area contributed by atoms with Gasteiger partial charge in [0.2, 0.25) is 0 Å². The monoisotopic (exact) mass is 244 g/mol. The van der Waals surface area contributed by atoms with Crippen LogP contribution in [-0.2, 0) is 0 Å². The molecule has 0 radical (unpaired) electrons. The third kappa shape index (κ3) is 1.87. The van der Waals surface area contributed by atoms with Gasteiger partial charge in [0.15, 0.2) is 0 Å². The summed E-state index contributed by atoms with van der Waals surface area (Å²) in [6, 6.07) is 8.89. The van der Waals surface area contributed by atoms with Crippen LogP contribution in [0.3, 0.4) is 0 Å². The lowest BCUT2D eigenvalue weighted by atomic mass is 10.2. The highest BCUT2D eigenvalue weighted by Gasteiger charge is 2.04. The topological polar surface area (TPSA) is 20.2 Å². The molecule has 0 saturated heterocycles. The van der Waals surface area contributed by atoms with E-state index in [0.717, 1.165) is 14.8 Å². The molecule has 0 spiro atoms. The van der Waals surface area contributed by atoms with Gasteiger partial charge in [-0.25, -0.2) is 0 Å². The first-order valence-electron chi connectivity index (χ1n) is 3.91. The Bertz CT molecular complexity index is 465. The second kappa shape index (κ2) is 3.81. The van der Waals surface area contributed by atoms with Crippen LogP contribution in [0, 0.1) is 0 Å². The Morgan fingerprint density at radius 3 is 2.43 bits per heavy atom. The van der Waals surface area contributed by atoms with Crippen molar-refractivity contribution in [1.82, 2.24) is 0 Å². The molecule has 0 fully saturated rings. The molecule has 0 atom stereocenters. The van der Waals surface area contributed by atoms with Gasteiger partial charge in [-0.05, 0) is 29.8 Å². The van der Waals surface area contributed by atoms with Crippen LogP contribution in [0.1, 0.15) is 0 Å². The van der Waals surface area contributed by atoms with Crippen LogP contribution in [0.25, 0.3) is 10.4 Å². The van der Waals surface area contributed by atoms with Gasteiger partial charge in [-0.2, -0.15) is 0 Å². The number of phenolic OH excluding ortho intramolecular Hbond substituents is 1. The summed E-state index contributed by atoms with van der Waals surface area (Å²) in [5.74, 6) is 0.0914. The van der Waals surface area contributed by atoms with Gasteiger partial charge in [0.1, 0.15) is 5.75 Å². The molecule has 2 aromatic rings. The van der Waals surface area contributed by atoms with E-state index in [2.05, 4.69) is 0 Å². The number of hydrogen-bond donors (Lipinski definition) is 1. The number of thiophene rings is 1. The number of benzene rings is 1. The van der Waals surface area contributed by atoms with Crippen molar-refractivity contribution in [1.29, 1.82) is 0 Å². The first-order valence-corrected chi connectivity index (χ1v) is 5.48. The minimum atomic E-state index is 0.0914. The summed E-state index contributed by atoms with van der Waals surface area (Å²) in [7, 11) is 0. The molecule has 0 amide bonds. The normalized spacial score (nSPS) is 10.4. The Morgan fingerprint density at radius 2 is 1.86 bits per heavy atom. The highest BCUT2D eigenvalue weighted by atomic mass is 35.5. The van der Waals surface area contributed by atoms with Crippen LogP contribution < -0.4 is 0 Å². The fraction of sp³-hybridized carbons (Fsp3) is 0. The van der Waals surface area contributed by atoms with E-state index >= 15 is 0 Å². The molecule has 2 rings (SSSR count). The van der Waals surface area contributed by atoms with Crippen molar-refractivity contribution in [3.05, 3.63) is 39.7 Å². The number of phenols is 1. The molecule has 72 valence electrons. The summed E-state index contributed by atoms with van der Waals surface area (Å²) in [6.45, 7) is 0. The maximum absolute atomic E-state index is 9.41. The Morgan fingerprint density at radius 1 is 1.07 bits per heavy atom. The molecule has 1 nitrogen and oxygen atoms in total. The van der Waals surface area contributed by atoms with Crippen LogP contribution in [0.2, 0.25) is 9.36 Å². The van der Waals surface area contributed by atoms with E-state index in [-0.39, 0.29) is 5.75 Å². The fourth-order valence-electron chi connectivity index (χ4n) is 1.14. The van der Waals surface area contributed by atoms with E-state index in [1.54, 1.807) is 12.1 Å². The van der Waals surface area contributed by atoms with Crippen molar-refractivity contribution in [3.8, 4) is 16.2 Å². The maximum atomic E-state index is 9.41. The smallest absolute Gasteiger partial charge is 0.134 e. The van der Waals surface area contributed by atoms with E-state index in [1.807, 2.05) is 18.2 Å². The van der Waals surface area contributed by atoms with E-state index in [4.69, 9.17) is 23.2 Å². The predicted molar refractivity (Wildman–Crippen MR) is 61.4 cm³/mol. The van der Waals surface area contributed by atoms with Crippen molar-refractivity contribution >= 4 is 34.5 Å². The molecular weight excluding hydrogens is 239 g/mol. The van der Waals surface area contributed by atoms with E-state index in [1.165, 1.54) is 11.3 Å². The first-order chi connectivity index (χ1) is 6.66. The highest BCUT2D eigenvalue weighted by molar-refractivity contribution is 7.19. The summed E-state index contributed by atoms with van der Waals surface area (Å²) >= 11 is 13.0. The van der Waals surface area contributed by atoms with Gasteiger partial charge in [0.25, 0.3) is 0 Å². The standard InChI is InChI=1S/C10H6Cl2OS/c11-7-2-1-6(5-8(7)13)9-3-4-10(12)14-9/h1-5,13H. The second-order valence-corrected chi connectivity index (χ2v) is 4.89. The Hall–Kier alpha value is -0.700. The Kier molecular flexibility index (Phi) is 2.68. The molecular formula is C10H6Cl2OS. The quantitative estimate of drug-likeness (QED) is 0.788. The molecule has 0 saturated carbocycles. The summed E-state index contributed by atoms with van der Waals surface area (Å²) in [6.07, 6.45) is 0. The zero-order chi connectivity index (χ0) is 10.1. The largest absolute Gasteiger partial charge is 0.506 e. The second-order valence-electron chi connectivity index (χ2n) is 2.77. The molecule has 0 aliphatic heterocycles. The van der Waals surface area contributed by atoms with Crippen LogP contribution in [0.5, 0.6) is 5.75 Å². The van der Waals surface area contributed by atoms with Crippen molar-refractivity contribution < 1.29 is 5.11 Å². The first kappa shape index (κ1) is 9.84. The Labute approximate surface area is 95.5 Å². The van der Waals surface area contributed by atoms with Crippen molar-refractivity contribution in [2.45, 2.75) is 0 Å². The summed E-state index contributed by atoms with van der Waals surface area (Å²) in [5.41, 5.74) is 0.920. The van der Waals surface area contributed by atoms with Crippen LogP contribution >= 0.6 is 34.5 Å². The predicted octanol–water partition coefficient (Wildman–Crippen LogP) is 4.43. The number of halogens is 2. The molecule has 0 aliphatic carbocycles. The minimum Gasteiger partial charge on any atom is -0.506 e. The van der Waals surface area contributed by atoms with E-state index in [0.29, 0.717) is 5.02 Å². The van der Waals surface area contributed by atoms with Gasteiger partial charge < -0.3 is 5.11 Å². The zero-order valence-electron chi connectivity index (χ0n) is 7.00. The third-order valence-electron chi connectivity index (χ3n) is 1.80. The van der Waals surface area contributed by atoms with Crippen molar-refractivity contribution in [3.63, 3.8) is 0 Å². The van der Waals surface area contributed by atoms with Crippen LogP contribution in [0.4, 0.5) is 0 Å². The van der Waals surface area contributed by atoms with Crippen LogP contribution in [-0.4, -0.2) is 5.11 Å². The summed E-state index contributed by atoms with van der Waals surface area (Å²) in [5, 5.41) is 9.77. The maximum Gasteiger partial charge on any atom is 0.134 e. The third-order valence-corrected chi connectivity index (χ3v) is 3.40. The Balaban J connectivity index is 2.47. The van der Waals surface area contributed by atoms with E-state index in [9.17, 15) is 5.11 Å². The SMILES string of the molecule is Oc1cc(-c2ccc(Cl)s2)ccc1Cl. The average Bonchev–Trinajstić information content (AvgIpc) is 2.57. The molecule has 1 N–H and O–H groups in total. The summed E-state index contributed by atoms with van der Waals surface area (Å²) in [4.78, 5) is 1.02. The molecule has 4 heteroatoms. The molecule has 1 heterocycles. The van der Waals surface area contributed by atoms with Crippen LogP contribution in [0.15, 0.2) is 30.3 Å². The van der Waals surface area contributed by atoms with E-state index < -0.39 is 0 Å². The zero-order valence-corrected chi connectivity index (χ0v) is 9.33. The van der Waals surface area contributed by atoms with Crippen molar-refractivity contribution in [2.75, 3.05) is 0 Å². The number of aromatic hydroxyl groups is 1. The van der Waals surface area contributed by atoms with Gasteiger partial charge >= 0.3 is 0 Å². The molecule has 1 aromatic carbocycles. The minimum absolute atomic E-state index is 0.0914. The number of rotatable bonds is 1. The molecule has 0 unspecified atom stereocenters.